The number of amides is 1. The molecule has 0 saturated heterocycles. The summed E-state index contributed by atoms with van der Waals surface area (Å²) >= 11 is 1.07. The normalized spacial score (nSPS) is 10.4. The minimum absolute atomic E-state index is 0.384. The molecule has 1 amide bonds. The molecular weight excluding hydrogens is 238 g/mol. The molecule has 0 unspecified atom stereocenters. The fourth-order valence-corrected chi connectivity index (χ4v) is 1.86. The Morgan fingerprint density at radius 2 is 2.35 bits per heavy atom. The first kappa shape index (κ1) is 11.7. The van der Waals surface area contributed by atoms with E-state index in [2.05, 4.69) is 10.1 Å². The van der Waals surface area contributed by atoms with Crippen LogP contribution in [0.1, 0.15) is 11.5 Å². The molecule has 88 valence electrons. The van der Waals surface area contributed by atoms with E-state index in [4.69, 9.17) is 10.3 Å². The maximum Gasteiger partial charge on any atom is 0.276 e. The number of primary amides is 1. The van der Waals surface area contributed by atoms with E-state index in [-0.39, 0.29) is 5.24 Å². The molecule has 0 atom stereocenters. The highest BCUT2D eigenvalue weighted by Gasteiger charge is 2.06. The van der Waals surface area contributed by atoms with E-state index in [0.29, 0.717) is 17.5 Å². The van der Waals surface area contributed by atoms with Gasteiger partial charge in [-0.05, 0) is 11.6 Å². The van der Waals surface area contributed by atoms with Gasteiger partial charge < -0.3 is 10.3 Å². The lowest BCUT2D eigenvalue weighted by Crippen LogP contribution is -2.02. The number of nitrogens with zero attached hydrogens (tertiary/aromatic N) is 2. The summed E-state index contributed by atoms with van der Waals surface area (Å²) in [6.07, 6.45) is 0. The maximum absolute atomic E-state index is 10.7. The molecule has 2 rings (SSSR count). The summed E-state index contributed by atoms with van der Waals surface area (Å²) in [6.45, 7) is 1.74. The summed E-state index contributed by atoms with van der Waals surface area (Å²) in [5.74, 6) is 1.62. The molecule has 0 aliphatic heterocycles. The van der Waals surface area contributed by atoms with Gasteiger partial charge in [-0.2, -0.15) is 4.98 Å². The van der Waals surface area contributed by atoms with Gasteiger partial charge in [0, 0.05) is 18.2 Å². The molecule has 2 N–H and O–H groups in total. The van der Waals surface area contributed by atoms with Crippen molar-refractivity contribution in [2.75, 3.05) is 0 Å². The van der Waals surface area contributed by atoms with E-state index in [0.717, 1.165) is 22.9 Å². The molecule has 0 bridgehead atoms. The van der Waals surface area contributed by atoms with Gasteiger partial charge in [-0.15, -0.1) is 0 Å². The molecule has 1 heterocycles. The number of benzene rings is 1. The first-order valence-corrected chi connectivity index (χ1v) is 5.95. The second kappa shape index (κ2) is 5.01. The highest BCUT2D eigenvalue weighted by atomic mass is 32.2. The third-order valence-corrected chi connectivity index (χ3v) is 2.86. The molecule has 5 nitrogen and oxygen atoms in total. The number of thioether (sulfide) groups is 1. The fraction of sp³-hybridized carbons (Fsp3) is 0.182. The van der Waals surface area contributed by atoms with Gasteiger partial charge in [-0.3, -0.25) is 4.79 Å². The third-order valence-electron chi connectivity index (χ3n) is 2.09. The van der Waals surface area contributed by atoms with Crippen LogP contribution in [0.25, 0.3) is 11.4 Å². The lowest BCUT2D eigenvalue weighted by Gasteiger charge is -2.00. The van der Waals surface area contributed by atoms with Gasteiger partial charge in [0.2, 0.25) is 11.7 Å². The zero-order valence-corrected chi connectivity index (χ0v) is 10.0. The lowest BCUT2D eigenvalue weighted by molar-refractivity contribution is 0.267. The van der Waals surface area contributed by atoms with Crippen molar-refractivity contribution in [2.24, 2.45) is 5.73 Å². The first-order chi connectivity index (χ1) is 8.15. The van der Waals surface area contributed by atoms with E-state index in [9.17, 15) is 4.79 Å². The zero-order valence-electron chi connectivity index (χ0n) is 9.21. The van der Waals surface area contributed by atoms with Crippen molar-refractivity contribution in [3.8, 4) is 11.4 Å². The Morgan fingerprint density at radius 3 is 3.00 bits per heavy atom. The highest BCUT2D eigenvalue weighted by Crippen LogP contribution is 2.20. The van der Waals surface area contributed by atoms with Gasteiger partial charge in [0.25, 0.3) is 5.24 Å². The smallest absolute Gasteiger partial charge is 0.276 e. The van der Waals surface area contributed by atoms with Gasteiger partial charge in [0.1, 0.15) is 0 Å². The second-order valence-electron chi connectivity index (χ2n) is 3.45. The molecular formula is C11H11N3O2S. The summed E-state index contributed by atoms with van der Waals surface area (Å²) < 4.78 is 4.92. The largest absolute Gasteiger partial charge is 0.361 e. The van der Waals surface area contributed by atoms with E-state index in [1.54, 1.807) is 6.92 Å². The molecule has 1 aromatic heterocycles. The van der Waals surface area contributed by atoms with Crippen molar-refractivity contribution in [3.05, 3.63) is 35.7 Å². The van der Waals surface area contributed by atoms with Crippen LogP contribution in [0.15, 0.2) is 28.8 Å². The minimum Gasteiger partial charge on any atom is -0.361 e. The Kier molecular flexibility index (Phi) is 3.43. The average molecular weight is 249 g/mol. The van der Waals surface area contributed by atoms with Crippen LogP contribution in [0.5, 0.6) is 0 Å². The molecule has 1 aromatic carbocycles. The molecule has 0 aliphatic rings. The van der Waals surface area contributed by atoms with E-state index >= 15 is 0 Å². The molecule has 6 heteroatoms. The van der Waals surface area contributed by atoms with Crippen LogP contribution in [-0.4, -0.2) is 15.4 Å². The molecule has 2 aromatic rings. The average Bonchev–Trinajstić information content (AvgIpc) is 2.74. The molecule has 0 spiro atoms. The number of nitrogens with two attached hydrogens (primary N) is 1. The van der Waals surface area contributed by atoms with Crippen LogP contribution in [0.3, 0.4) is 0 Å². The predicted molar refractivity (Wildman–Crippen MR) is 65.3 cm³/mol. The standard InChI is InChI=1S/C11H11N3O2S/c1-7-13-10(14-16-7)9-4-2-3-8(5-9)6-17-11(12)15/h2-5H,6H2,1H3,(H2,12,15). The predicted octanol–water partition coefficient (Wildman–Crippen LogP) is 2.36. The number of aromatic nitrogens is 2. The van der Waals surface area contributed by atoms with Crippen LogP contribution in [0.2, 0.25) is 0 Å². The van der Waals surface area contributed by atoms with Crippen molar-refractivity contribution in [1.82, 2.24) is 10.1 Å². The van der Waals surface area contributed by atoms with Gasteiger partial charge in [-0.25, -0.2) is 0 Å². The molecule has 0 radical (unpaired) electrons. The van der Waals surface area contributed by atoms with Gasteiger partial charge in [0.15, 0.2) is 0 Å². The van der Waals surface area contributed by atoms with Crippen LogP contribution in [-0.2, 0) is 5.75 Å². The van der Waals surface area contributed by atoms with E-state index in [1.165, 1.54) is 0 Å². The van der Waals surface area contributed by atoms with Crippen molar-refractivity contribution >= 4 is 17.0 Å². The van der Waals surface area contributed by atoms with Crippen molar-refractivity contribution in [3.63, 3.8) is 0 Å². The Morgan fingerprint density at radius 1 is 1.53 bits per heavy atom. The van der Waals surface area contributed by atoms with Crippen LogP contribution < -0.4 is 5.73 Å². The minimum atomic E-state index is -0.384. The molecule has 17 heavy (non-hydrogen) atoms. The quantitative estimate of drug-likeness (QED) is 0.902. The summed E-state index contributed by atoms with van der Waals surface area (Å²) in [5, 5.41) is 3.45. The summed E-state index contributed by atoms with van der Waals surface area (Å²) in [6, 6.07) is 7.62. The van der Waals surface area contributed by atoms with E-state index in [1.807, 2.05) is 24.3 Å². The monoisotopic (exact) mass is 249 g/mol. The van der Waals surface area contributed by atoms with Crippen LogP contribution in [0.4, 0.5) is 4.79 Å². The lowest BCUT2D eigenvalue weighted by atomic mass is 10.1. The summed E-state index contributed by atoms with van der Waals surface area (Å²) in [7, 11) is 0. The number of hydrogen-bond donors (Lipinski definition) is 1. The maximum atomic E-state index is 10.7. The number of aryl methyl sites for hydroxylation is 1. The number of hydrogen-bond acceptors (Lipinski definition) is 5. The number of carbonyl (C=O) groups is 1. The van der Waals surface area contributed by atoms with E-state index < -0.39 is 0 Å². The summed E-state index contributed by atoms with van der Waals surface area (Å²) in [4.78, 5) is 14.8. The van der Waals surface area contributed by atoms with Crippen molar-refractivity contribution in [2.45, 2.75) is 12.7 Å². The number of rotatable bonds is 3. The van der Waals surface area contributed by atoms with Crippen molar-refractivity contribution in [1.29, 1.82) is 0 Å². The van der Waals surface area contributed by atoms with Crippen LogP contribution >= 0.6 is 11.8 Å². The molecule has 0 saturated carbocycles. The first-order valence-electron chi connectivity index (χ1n) is 4.97. The second-order valence-corrected chi connectivity index (χ2v) is 4.42. The van der Waals surface area contributed by atoms with Gasteiger partial charge in [-0.1, -0.05) is 35.1 Å². The van der Waals surface area contributed by atoms with Gasteiger partial charge >= 0.3 is 0 Å². The highest BCUT2D eigenvalue weighted by molar-refractivity contribution is 8.12. The Balaban J connectivity index is 2.19. The summed E-state index contributed by atoms with van der Waals surface area (Å²) in [5.41, 5.74) is 6.94. The topological polar surface area (TPSA) is 82.0 Å². The fourth-order valence-electron chi connectivity index (χ4n) is 1.37. The SMILES string of the molecule is Cc1nc(-c2cccc(CSC(N)=O)c2)no1. The third kappa shape index (κ3) is 3.07. The van der Waals surface area contributed by atoms with Crippen molar-refractivity contribution < 1.29 is 9.32 Å². The Bertz CT molecular complexity index is 539. The Labute approximate surface area is 102 Å². The zero-order chi connectivity index (χ0) is 12.3. The van der Waals surface area contributed by atoms with Crippen LogP contribution in [0, 0.1) is 6.92 Å². The number of carbonyl (C=O) groups excluding carboxylic acids is 1. The Hall–Kier alpha value is -1.82. The molecule has 0 aliphatic carbocycles. The molecule has 0 fully saturated rings. The van der Waals surface area contributed by atoms with Gasteiger partial charge in [0.05, 0.1) is 0 Å².